The highest BCUT2D eigenvalue weighted by Crippen LogP contribution is 2.33. The molecule has 3 aromatic rings. The molecule has 0 spiro atoms. The SMILES string of the molecule is CNS(=O)(=O)c1ccc(Nc2ccc(C(F)(F)F)cc2)c(-c2nnn(CC3=C(F)C=CCC3)n2)c1. The molecule has 35 heavy (non-hydrogen) atoms. The number of allylic oxidation sites excluding steroid dienone is 4. The number of hydrogen-bond acceptors (Lipinski definition) is 6. The molecule has 8 nitrogen and oxygen atoms in total. The fourth-order valence-corrected chi connectivity index (χ4v) is 4.18. The van der Waals surface area contributed by atoms with Gasteiger partial charge in [-0.1, -0.05) is 6.08 Å². The van der Waals surface area contributed by atoms with E-state index in [1.54, 1.807) is 6.08 Å². The Hall–Kier alpha value is -3.58. The van der Waals surface area contributed by atoms with Crippen molar-refractivity contribution in [1.82, 2.24) is 24.9 Å². The molecule has 1 aliphatic rings. The van der Waals surface area contributed by atoms with Crippen LogP contribution in [0.2, 0.25) is 0 Å². The largest absolute Gasteiger partial charge is 0.416 e. The van der Waals surface area contributed by atoms with Crippen molar-refractivity contribution >= 4 is 21.4 Å². The Bertz CT molecular complexity index is 1400. The van der Waals surface area contributed by atoms with Crippen LogP contribution in [0.3, 0.4) is 0 Å². The number of rotatable bonds is 7. The van der Waals surface area contributed by atoms with Gasteiger partial charge >= 0.3 is 6.18 Å². The summed E-state index contributed by atoms with van der Waals surface area (Å²) in [5.74, 6) is -0.304. The molecule has 1 aliphatic carbocycles. The maximum absolute atomic E-state index is 14.0. The zero-order valence-corrected chi connectivity index (χ0v) is 19.2. The van der Waals surface area contributed by atoms with E-state index in [0.717, 1.165) is 12.1 Å². The van der Waals surface area contributed by atoms with Gasteiger partial charge in [0.2, 0.25) is 15.8 Å². The van der Waals surface area contributed by atoms with Gasteiger partial charge < -0.3 is 5.32 Å². The second-order valence-electron chi connectivity index (χ2n) is 7.65. The number of halogens is 4. The molecule has 2 N–H and O–H groups in total. The van der Waals surface area contributed by atoms with Crippen LogP contribution in [-0.2, 0) is 22.7 Å². The van der Waals surface area contributed by atoms with E-state index in [9.17, 15) is 26.0 Å². The van der Waals surface area contributed by atoms with Crippen molar-refractivity contribution in [2.24, 2.45) is 0 Å². The van der Waals surface area contributed by atoms with Crippen LogP contribution >= 0.6 is 0 Å². The smallest absolute Gasteiger partial charge is 0.355 e. The third-order valence-corrected chi connectivity index (χ3v) is 6.71. The molecule has 0 atom stereocenters. The molecule has 2 aromatic carbocycles. The second kappa shape index (κ2) is 9.58. The third kappa shape index (κ3) is 5.57. The number of benzene rings is 2. The number of nitrogens with zero attached hydrogens (tertiary/aromatic N) is 4. The summed E-state index contributed by atoms with van der Waals surface area (Å²) in [6.45, 7) is 0.0688. The van der Waals surface area contributed by atoms with E-state index in [4.69, 9.17) is 0 Å². The van der Waals surface area contributed by atoms with Crippen LogP contribution in [0.25, 0.3) is 11.4 Å². The van der Waals surface area contributed by atoms with Gasteiger partial charge in [0.25, 0.3) is 0 Å². The van der Waals surface area contributed by atoms with Crippen molar-refractivity contribution in [1.29, 1.82) is 0 Å². The normalized spacial score (nSPS) is 14.4. The van der Waals surface area contributed by atoms with Crippen LogP contribution in [0.1, 0.15) is 18.4 Å². The molecule has 184 valence electrons. The van der Waals surface area contributed by atoms with Crippen molar-refractivity contribution in [3.05, 3.63) is 71.6 Å². The van der Waals surface area contributed by atoms with Gasteiger partial charge in [0.15, 0.2) is 0 Å². The number of alkyl halides is 3. The van der Waals surface area contributed by atoms with Crippen LogP contribution in [0.4, 0.5) is 28.9 Å². The predicted molar refractivity (Wildman–Crippen MR) is 121 cm³/mol. The Morgan fingerprint density at radius 3 is 2.51 bits per heavy atom. The quantitative estimate of drug-likeness (QED) is 0.453. The minimum absolute atomic E-state index is 0.0555. The molecule has 0 amide bonds. The summed E-state index contributed by atoms with van der Waals surface area (Å²) >= 11 is 0. The third-order valence-electron chi connectivity index (χ3n) is 5.30. The number of tetrazole rings is 1. The lowest BCUT2D eigenvalue weighted by Gasteiger charge is -2.13. The molecule has 1 heterocycles. The molecule has 4 rings (SSSR count). The van der Waals surface area contributed by atoms with Crippen LogP contribution in [-0.4, -0.2) is 35.7 Å². The van der Waals surface area contributed by atoms with E-state index in [1.165, 1.54) is 48.3 Å². The molecule has 0 unspecified atom stereocenters. The predicted octanol–water partition coefficient (Wildman–Crippen LogP) is 4.58. The average Bonchev–Trinajstić information content (AvgIpc) is 3.29. The summed E-state index contributed by atoms with van der Waals surface area (Å²) < 4.78 is 79.6. The Morgan fingerprint density at radius 2 is 1.86 bits per heavy atom. The van der Waals surface area contributed by atoms with Crippen LogP contribution in [0.5, 0.6) is 0 Å². The first-order chi connectivity index (χ1) is 16.6. The molecule has 0 saturated heterocycles. The maximum atomic E-state index is 14.0. The van der Waals surface area contributed by atoms with E-state index in [1.807, 2.05) is 0 Å². The summed E-state index contributed by atoms with van der Waals surface area (Å²) in [6.07, 6.45) is -0.162. The molecular weight excluding hydrogens is 488 g/mol. The molecule has 0 aliphatic heterocycles. The first kappa shape index (κ1) is 24.5. The molecule has 0 bridgehead atoms. The van der Waals surface area contributed by atoms with Gasteiger partial charge in [-0.3, -0.25) is 0 Å². The first-order valence-corrected chi connectivity index (χ1v) is 11.9. The minimum Gasteiger partial charge on any atom is -0.355 e. The molecule has 0 fully saturated rings. The van der Waals surface area contributed by atoms with Crippen LogP contribution < -0.4 is 10.0 Å². The van der Waals surface area contributed by atoms with Gasteiger partial charge in [-0.05, 0) is 79.2 Å². The highest BCUT2D eigenvalue weighted by Gasteiger charge is 2.30. The zero-order chi connectivity index (χ0) is 25.2. The fraction of sp³-hybridized carbons (Fsp3) is 0.227. The Balaban J connectivity index is 1.70. The van der Waals surface area contributed by atoms with Gasteiger partial charge in [-0.15, -0.1) is 10.2 Å². The first-order valence-electron chi connectivity index (χ1n) is 10.4. The summed E-state index contributed by atoms with van der Waals surface area (Å²) in [5, 5.41) is 15.2. The lowest BCUT2D eigenvalue weighted by molar-refractivity contribution is -0.137. The maximum Gasteiger partial charge on any atom is 0.416 e. The van der Waals surface area contributed by atoms with Crippen molar-refractivity contribution in [3.8, 4) is 11.4 Å². The Kier molecular flexibility index (Phi) is 6.72. The van der Waals surface area contributed by atoms with Gasteiger partial charge in [-0.2, -0.15) is 18.0 Å². The summed E-state index contributed by atoms with van der Waals surface area (Å²) in [4.78, 5) is 1.13. The van der Waals surface area contributed by atoms with E-state index >= 15 is 0 Å². The Labute approximate surface area is 198 Å². The molecule has 13 heteroatoms. The van der Waals surface area contributed by atoms with Gasteiger partial charge in [0, 0.05) is 16.9 Å². The second-order valence-corrected chi connectivity index (χ2v) is 9.54. The van der Waals surface area contributed by atoms with Crippen molar-refractivity contribution in [2.45, 2.75) is 30.5 Å². The van der Waals surface area contributed by atoms with E-state index in [0.29, 0.717) is 29.8 Å². The minimum atomic E-state index is -4.47. The number of anilines is 2. The van der Waals surface area contributed by atoms with Crippen molar-refractivity contribution < 1.29 is 26.0 Å². The summed E-state index contributed by atoms with van der Waals surface area (Å²) in [5.41, 5.74) is 0.612. The number of hydrogen-bond donors (Lipinski definition) is 2. The standard InChI is InChI=1S/C22H20F4N6O2S/c1-27-35(33,34)17-10-11-20(28-16-8-6-15(7-9-16)22(24,25)26)18(12-17)21-29-31-32(30-21)13-14-4-2-3-5-19(14)23/h3,5-12,27-28H,2,4,13H2,1H3. The topological polar surface area (TPSA) is 102 Å². The van der Waals surface area contributed by atoms with E-state index in [2.05, 4.69) is 25.4 Å². The van der Waals surface area contributed by atoms with Gasteiger partial charge in [0.1, 0.15) is 5.83 Å². The lowest BCUT2D eigenvalue weighted by Crippen LogP contribution is -2.18. The highest BCUT2D eigenvalue weighted by molar-refractivity contribution is 7.89. The lowest BCUT2D eigenvalue weighted by atomic mass is 10.0. The molecular formula is C22H20F4N6O2S. The highest BCUT2D eigenvalue weighted by atomic mass is 32.2. The number of aromatic nitrogens is 4. The summed E-state index contributed by atoms with van der Waals surface area (Å²) in [6, 6.07) is 8.46. The molecule has 0 radical (unpaired) electrons. The van der Waals surface area contributed by atoms with Crippen molar-refractivity contribution in [2.75, 3.05) is 12.4 Å². The monoisotopic (exact) mass is 508 g/mol. The fourth-order valence-electron chi connectivity index (χ4n) is 3.43. The Morgan fingerprint density at radius 1 is 1.11 bits per heavy atom. The van der Waals surface area contributed by atoms with E-state index in [-0.39, 0.29) is 28.7 Å². The zero-order valence-electron chi connectivity index (χ0n) is 18.3. The van der Waals surface area contributed by atoms with Crippen LogP contribution in [0.15, 0.2) is 70.9 Å². The molecule has 1 aromatic heterocycles. The number of sulfonamides is 1. The van der Waals surface area contributed by atoms with Crippen molar-refractivity contribution in [3.63, 3.8) is 0 Å². The summed E-state index contributed by atoms with van der Waals surface area (Å²) in [7, 11) is -2.55. The number of nitrogens with one attached hydrogen (secondary N) is 2. The van der Waals surface area contributed by atoms with E-state index < -0.39 is 21.8 Å². The van der Waals surface area contributed by atoms with Gasteiger partial charge in [-0.25, -0.2) is 17.5 Å². The van der Waals surface area contributed by atoms with Gasteiger partial charge in [0.05, 0.1) is 17.0 Å². The van der Waals surface area contributed by atoms with Crippen LogP contribution in [0, 0.1) is 0 Å². The molecule has 0 saturated carbocycles. The average molecular weight is 509 g/mol.